The summed E-state index contributed by atoms with van der Waals surface area (Å²) in [5.41, 5.74) is 7.34. The van der Waals surface area contributed by atoms with E-state index in [0.717, 1.165) is 50.7 Å². The highest BCUT2D eigenvalue weighted by molar-refractivity contribution is 5.70. The minimum Gasteiger partial charge on any atom is -0.384 e. The number of anilines is 2. The maximum atomic E-state index is 5.80. The normalized spacial score (nSPS) is 16.0. The molecule has 1 saturated heterocycles. The molecule has 0 atom stereocenters. The van der Waals surface area contributed by atoms with Crippen LogP contribution in [-0.2, 0) is 4.74 Å². The first kappa shape index (κ1) is 13.8. The monoisotopic (exact) mass is 289 g/mol. The molecule has 0 unspecified atom stereocenters. The Balaban J connectivity index is 1.57. The zero-order chi connectivity index (χ0) is 14.5. The van der Waals surface area contributed by atoms with E-state index in [9.17, 15) is 0 Å². The van der Waals surface area contributed by atoms with Gasteiger partial charge in [-0.15, -0.1) is 0 Å². The van der Waals surface area contributed by atoms with E-state index in [2.05, 4.69) is 30.4 Å². The molecule has 2 aromatic rings. The van der Waals surface area contributed by atoms with Crippen molar-refractivity contribution in [2.75, 3.05) is 50.4 Å². The number of aromatic nitrogens is 4. The van der Waals surface area contributed by atoms with Gasteiger partial charge in [-0.1, -0.05) is 0 Å². The number of nitrogen functional groups attached to an aromatic ring is 1. The van der Waals surface area contributed by atoms with Gasteiger partial charge in [0.25, 0.3) is 0 Å². The smallest absolute Gasteiger partial charge is 0.223 e. The number of nitrogens with zero attached hydrogens (tertiary/aromatic N) is 4. The highest BCUT2D eigenvalue weighted by Gasteiger charge is 2.10. The molecule has 0 bridgehead atoms. The SMILES string of the molecule is Nc1[nH]ncc1-c1ccnc(NCCN2CCOCC2)n1. The Bertz CT molecular complexity index is 579. The van der Waals surface area contributed by atoms with Gasteiger partial charge in [0.05, 0.1) is 30.7 Å². The molecule has 8 heteroatoms. The number of nitrogens with one attached hydrogen (secondary N) is 2. The van der Waals surface area contributed by atoms with Crippen molar-refractivity contribution in [2.24, 2.45) is 0 Å². The fraction of sp³-hybridized carbons (Fsp3) is 0.462. The Kier molecular flexibility index (Phi) is 4.27. The van der Waals surface area contributed by atoms with Crippen molar-refractivity contribution in [3.8, 4) is 11.3 Å². The first-order valence-electron chi connectivity index (χ1n) is 6.99. The molecule has 0 spiro atoms. The van der Waals surface area contributed by atoms with E-state index in [0.29, 0.717) is 11.8 Å². The number of aromatic amines is 1. The van der Waals surface area contributed by atoms with Crippen LogP contribution in [0.2, 0.25) is 0 Å². The van der Waals surface area contributed by atoms with Crippen molar-refractivity contribution in [2.45, 2.75) is 0 Å². The lowest BCUT2D eigenvalue weighted by atomic mass is 10.2. The van der Waals surface area contributed by atoms with Gasteiger partial charge in [-0.2, -0.15) is 5.10 Å². The minimum absolute atomic E-state index is 0.507. The number of hydrogen-bond donors (Lipinski definition) is 3. The van der Waals surface area contributed by atoms with Gasteiger partial charge in [0.1, 0.15) is 5.82 Å². The second kappa shape index (κ2) is 6.51. The van der Waals surface area contributed by atoms with E-state index in [1.54, 1.807) is 12.4 Å². The van der Waals surface area contributed by atoms with Crippen LogP contribution in [0, 0.1) is 0 Å². The molecule has 1 fully saturated rings. The first-order chi connectivity index (χ1) is 10.3. The second-order valence-corrected chi connectivity index (χ2v) is 4.84. The van der Waals surface area contributed by atoms with E-state index < -0.39 is 0 Å². The highest BCUT2D eigenvalue weighted by Crippen LogP contribution is 2.21. The Morgan fingerprint density at radius 3 is 3.00 bits per heavy atom. The molecule has 4 N–H and O–H groups in total. The van der Waals surface area contributed by atoms with Crippen LogP contribution in [0.25, 0.3) is 11.3 Å². The molecule has 3 rings (SSSR count). The van der Waals surface area contributed by atoms with Crippen LogP contribution in [0.4, 0.5) is 11.8 Å². The number of rotatable bonds is 5. The van der Waals surface area contributed by atoms with Crippen LogP contribution < -0.4 is 11.1 Å². The number of hydrogen-bond acceptors (Lipinski definition) is 7. The van der Waals surface area contributed by atoms with Crippen molar-refractivity contribution in [1.82, 2.24) is 25.1 Å². The molecule has 2 aromatic heterocycles. The predicted octanol–water partition coefficient (Wildman–Crippen LogP) is 0.193. The van der Waals surface area contributed by atoms with Gasteiger partial charge < -0.3 is 15.8 Å². The summed E-state index contributed by atoms with van der Waals surface area (Å²) in [6.45, 7) is 5.33. The topological polar surface area (TPSA) is 105 Å². The summed E-state index contributed by atoms with van der Waals surface area (Å²) in [6, 6.07) is 1.81. The van der Waals surface area contributed by atoms with E-state index in [1.807, 2.05) is 6.07 Å². The maximum absolute atomic E-state index is 5.80. The van der Waals surface area contributed by atoms with Crippen molar-refractivity contribution in [3.05, 3.63) is 18.5 Å². The van der Waals surface area contributed by atoms with Crippen LogP contribution in [0.15, 0.2) is 18.5 Å². The molecule has 1 aliphatic rings. The predicted molar refractivity (Wildman–Crippen MR) is 79.8 cm³/mol. The Morgan fingerprint density at radius 1 is 1.38 bits per heavy atom. The van der Waals surface area contributed by atoms with Gasteiger partial charge in [-0.25, -0.2) is 9.97 Å². The third-order valence-corrected chi connectivity index (χ3v) is 3.42. The third kappa shape index (κ3) is 3.47. The fourth-order valence-electron chi connectivity index (χ4n) is 2.24. The lowest BCUT2D eigenvalue weighted by Crippen LogP contribution is -2.39. The number of ether oxygens (including phenoxy) is 1. The summed E-state index contributed by atoms with van der Waals surface area (Å²) in [4.78, 5) is 11.0. The van der Waals surface area contributed by atoms with Crippen LogP contribution in [0.5, 0.6) is 0 Å². The van der Waals surface area contributed by atoms with E-state index in [4.69, 9.17) is 10.5 Å². The van der Waals surface area contributed by atoms with Crippen LogP contribution in [0.1, 0.15) is 0 Å². The summed E-state index contributed by atoms with van der Waals surface area (Å²) in [5.74, 6) is 1.11. The van der Waals surface area contributed by atoms with Crippen LogP contribution in [0.3, 0.4) is 0 Å². The fourth-order valence-corrected chi connectivity index (χ4v) is 2.24. The van der Waals surface area contributed by atoms with Crippen molar-refractivity contribution in [3.63, 3.8) is 0 Å². The van der Waals surface area contributed by atoms with Crippen LogP contribution in [-0.4, -0.2) is 64.5 Å². The quantitative estimate of drug-likeness (QED) is 0.721. The lowest BCUT2D eigenvalue weighted by molar-refractivity contribution is 0.0398. The van der Waals surface area contributed by atoms with Gasteiger partial charge in [-0.05, 0) is 6.07 Å². The van der Waals surface area contributed by atoms with Gasteiger partial charge in [-0.3, -0.25) is 10.00 Å². The maximum Gasteiger partial charge on any atom is 0.223 e. The third-order valence-electron chi connectivity index (χ3n) is 3.42. The number of H-pyrrole nitrogens is 1. The summed E-state index contributed by atoms with van der Waals surface area (Å²) in [6.07, 6.45) is 3.38. The largest absolute Gasteiger partial charge is 0.384 e. The van der Waals surface area contributed by atoms with E-state index >= 15 is 0 Å². The summed E-state index contributed by atoms with van der Waals surface area (Å²) in [5, 5.41) is 9.84. The molecule has 0 aliphatic carbocycles. The lowest BCUT2D eigenvalue weighted by Gasteiger charge is -2.26. The molecule has 1 aliphatic heterocycles. The molecule has 8 nitrogen and oxygen atoms in total. The standard InChI is InChI=1S/C13H19N7O/c14-12-10(9-17-19-12)11-1-2-15-13(18-11)16-3-4-20-5-7-21-8-6-20/h1-2,9H,3-8H2,(H3,14,17,19)(H,15,16,18). The van der Waals surface area contributed by atoms with Crippen LogP contribution >= 0.6 is 0 Å². The summed E-state index contributed by atoms with van der Waals surface area (Å²) >= 11 is 0. The highest BCUT2D eigenvalue weighted by atomic mass is 16.5. The Morgan fingerprint density at radius 2 is 2.24 bits per heavy atom. The molecule has 0 aromatic carbocycles. The minimum atomic E-state index is 0.507. The second-order valence-electron chi connectivity index (χ2n) is 4.84. The number of nitrogens with two attached hydrogens (primary N) is 1. The van der Waals surface area contributed by atoms with Gasteiger partial charge in [0.2, 0.25) is 5.95 Å². The molecule has 21 heavy (non-hydrogen) atoms. The average molecular weight is 289 g/mol. The van der Waals surface area contributed by atoms with E-state index in [1.165, 1.54) is 0 Å². The molecule has 0 saturated carbocycles. The summed E-state index contributed by atoms with van der Waals surface area (Å²) < 4.78 is 5.33. The van der Waals surface area contributed by atoms with E-state index in [-0.39, 0.29) is 0 Å². The zero-order valence-corrected chi connectivity index (χ0v) is 11.7. The van der Waals surface area contributed by atoms with Crippen molar-refractivity contribution < 1.29 is 4.74 Å². The Hall–Kier alpha value is -2.19. The average Bonchev–Trinajstić information content (AvgIpc) is 2.95. The van der Waals surface area contributed by atoms with Crippen molar-refractivity contribution >= 4 is 11.8 Å². The van der Waals surface area contributed by atoms with Gasteiger partial charge >= 0.3 is 0 Å². The molecule has 0 amide bonds. The Labute approximate surface area is 122 Å². The van der Waals surface area contributed by atoms with Gasteiger partial charge in [0, 0.05) is 32.4 Å². The molecular weight excluding hydrogens is 270 g/mol. The van der Waals surface area contributed by atoms with Gasteiger partial charge in [0.15, 0.2) is 0 Å². The molecule has 112 valence electrons. The zero-order valence-electron chi connectivity index (χ0n) is 11.7. The molecule has 3 heterocycles. The first-order valence-corrected chi connectivity index (χ1v) is 6.99. The molecular formula is C13H19N7O. The summed E-state index contributed by atoms with van der Waals surface area (Å²) in [7, 11) is 0. The molecule has 0 radical (unpaired) electrons. The number of morpholine rings is 1. The van der Waals surface area contributed by atoms with Crippen molar-refractivity contribution in [1.29, 1.82) is 0 Å².